The second-order valence-electron chi connectivity index (χ2n) is 4.54. The molecule has 2 heterocycles. The molecule has 1 unspecified atom stereocenters. The third-order valence-electron chi connectivity index (χ3n) is 3.08. The molecule has 1 aliphatic rings. The molecule has 1 aromatic carbocycles. The number of ether oxygens (including phenoxy) is 1. The highest BCUT2D eigenvalue weighted by molar-refractivity contribution is 7.99. The minimum absolute atomic E-state index is 0.391. The van der Waals surface area contributed by atoms with E-state index in [0.717, 1.165) is 33.5 Å². The van der Waals surface area contributed by atoms with Gasteiger partial charge >= 0.3 is 0 Å². The van der Waals surface area contributed by atoms with Crippen LogP contribution in [0.5, 0.6) is 0 Å². The van der Waals surface area contributed by atoms with Crippen molar-refractivity contribution in [2.45, 2.75) is 30.8 Å². The summed E-state index contributed by atoms with van der Waals surface area (Å²) in [5, 5.41) is 1.09. The van der Waals surface area contributed by atoms with Gasteiger partial charge in [0.05, 0.1) is 21.3 Å². The normalized spacial score (nSPS) is 19.7. The molecular formula is C13H16N2OS2. The maximum absolute atomic E-state index is 6.10. The van der Waals surface area contributed by atoms with Gasteiger partial charge in [-0.25, -0.2) is 4.98 Å². The molecule has 3 nitrogen and oxygen atoms in total. The summed E-state index contributed by atoms with van der Waals surface area (Å²) in [7, 11) is 0. The number of fused-ring (bicyclic) bond motifs is 1. The van der Waals surface area contributed by atoms with Crippen molar-refractivity contribution in [3.8, 4) is 0 Å². The maximum Gasteiger partial charge on any atom is 0.0907 e. The SMILES string of the molecule is Cc1nc2cc(SCC3CCCO3)c(N)cc2s1. The van der Waals surface area contributed by atoms with Crippen molar-refractivity contribution in [2.75, 3.05) is 18.1 Å². The Morgan fingerprint density at radius 3 is 3.22 bits per heavy atom. The van der Waals surface area contributed by atoms with Gasteiger partial charge in [0, 0.05) is 22.9 Å². The Hall–Kier alpha value is -0.780. The Labute approximate surface area is 115 Å². The average Bonchev–Trinajstić information content (AvgIpc) is 2.94. The van der Waals surface area contributed by atoms with Gasteiger partial charge in [-0.1, -0.05) is 0 Å². The molecular weight excluding hydrogens is 264 g/mol. The zero-order chi connectivity index (χ0) is 12.5. The first-order valence-electron chi connectivity index (χ1n) is 6.13. The van der Waals surface area contributed by atoms with Crippen LogP contribution in [-0.4, -0.2) is 23.4 Å². The summed E-state index contributed by atoms with van der Waals surface area (Å²) in [5.74, 6) is 0.985. The Morgan fingerprint density at radius 1 is 1.56 bits per heavy atom. The van der Waals surface area contributed by atoms with Crippen LogP contribution < -0.4 is 5.73 Å². The topological polar surface area (TPSA) is 48.1 Å². The molecule has 1 aliphatic heterocycles. The number of hydrogen-bond acceptors (Lipinski definition) is 5. The fourth-order valence-electron chi connectivity index (χ4n) is 2.17. The van der Waals surface area contributed by atoms with Crippen LogP contribution in [0.15, 0.2) is 17.0 Å². The third kappa shape index (κ3) is 2.48. The van der Waals surface area contributed by atoms with Gasteiger partial charge in [-0.2, -0.15) is 0 Å². The molecule has 1 saturated heterocycles. The van der Waals surface area contributed by atoms with Crippen molar-refractivity contribution >= 4 is 39.0 Å². The molecule has 96 valence electrons. The lowest BCUT2D eigenvalue weighted by Gasteiger charge is -2.10. The highest BCUT2D eigenvalue weighted by Gasteiger charge is 2.16. The van der Waals surface area contributed by atoms with E-state index in [0.29, 0.717) is 6.10 Å². The molecule has 0 amide bonds. The second-order valence-corrected chi connectivity index (χ2v) is 6.83. The summed E-state index contributed by atoms with van der Waals surface area (Å²) in [6.07, 6.45) is 2.75. The number of nitrogen functional groups attached to an aromatic ring is 1. The van der Waals surface area contributed by atoms with Crippen molar-refractivity contribution in [1.29, 1.82) is 0 Å². The number of nitrogens with zero attached hydrogens (tertiary/aromatic N) is 1. The largest absolute Gasteiger partial charge is 0.398 e. The summed E-state index contributed by atoms with van der Waals surface area (Å²) in [4.78, 5) is 5.64. The zero-order valence-electron chi connectivity index (χ0n) is 10.3. The van der Waals surface area contributed by atoms with Gasteiger partial charge in [0.15, 0.2) is 0 Å². The first kappa shape index (κ1) is 12.3. The van der Waals surface area contributed by atoms with Crippen molar-refractivity contribution in [3.63, 3.8) is 0 Å². The third-order valence-corrected chi connectivity index (χ3v) is 5.21. The van der Waals surface area contributed by atoms with Crippen molar-refractivity contribution in [3.05, 3.63) is 17.1 Å². The molecule has 1 fully saturated rings. The molecule has 0 bridgehead atoms. The monoisotopic (exact) mass is 280 g/mol. The summed E-state index contributed by atoms with van der Waals surface area (Å²) in [6, 6.07) is 4.14. The van der Waals surface area contributed by atoms with Gasteiger partial charge in [0.25, 0.3) is 0 Å². The van der Waals surface area contributed by atoms with Gasteiger partial charge < -0.3 is 10.5 Å². The summed E-state index contributed by atoms with van der Waals surface area (Å²) < 4.78 is 6.80. The predicted molar refractivity (Wildman–Crippen MR) is 78.5 cm³/mol. The van der Waals surface area contributed by atoms with Crippen LogP contribution in [-0.2, 0) is 4.74 Å². The molecule has 0 spiro atoms. The smallest absolute Gasteiger partial charge is 0.0907 e. The summed E-state index contributed by atoms with van der Waals surface area (Å²) >= 11 is 3.48. The van der Waals surface area contributed by atoms with Crippen LogP contribution in [0.3, 0.4) is 0 Å². The van der Waals surface area contributed by atoms with Gasteiger partial charge in [-0.3, -0.25) is 0 Å². The van der Waals surface area contributed by atoms with Crippen LogP contribution in [0, 0.1) is 6.92 Å². The van der Waals surface area contributed by atoms with Crippen LogP contribution in [0.1, 0.15) is 17.8 Å². The average molecular weight is 280 g/mol. The standard InChI is InChI=1S/C13H16N2OS2/c1-8-15-11-6-12(10(14)5-13(11)18-8)17-7-9-3-2-4-16-9/h5-6,9H,2-4,7,14H2,1H3. The first-order chi connectivity index (χ1) is 8.72. The maximum atomic E-state index is 6.10. The summed E-state index contributed by atoms with van der Waals surface area (Å²) in [5.41, 5.74) is 8.01. The minimum Gasteiger partial charge on any atom is -0.398 e. The molecule has 3 rings (SSSR count). The molecule has 1 atom stereocenters. The Balaban J connectivity index is 1.79. The van der Waals surface area contributed by atoms with Crippen molar-refractivity contribution < 1.29 is 4.74 Å². The lowest BCUT2D eigenvalue weighted by atomic mass is 10.3. The summed E-state index contributed by atoms with van der Waals surface area (Å²) in [6.45, 7) is 2.94. The number of rotatable bonds is 3. The highest BCUT2D eigenvalue weighted by atomic mass is 32.2. The number of anilines is 1. The van der Waals surface area contributed by atoms with Crippen LogP contribution in [0.25, 0.3) is 10.2 Å². The minimum atomic E-state index is 0.391. The number of thiazole rings is 1. The van der Waals surface area contributed by atoms with Gasteiger partial charge in [0.2, 0.25) is 0 Å². The van der Waals surface area contributed by atoms with Gasteiger partial charge in [0.1, 0.15) is 0 Å². The highest BCUT2D eigenvalue weighted by Crippen LogP contribution is 2.33. The van der Waals surface area contributed by atoms with Gasteiger partial charge in [-0.05, 0) is 31.9 Å². The predicted octanol–water partition coefficient (Wildman–Crippen LogP) is 3.46. The second kappa shape index (κ2) is 5.07. The van der Waals surface area contributed by atoms with E-state index < -0.39 is 0 Å². The lowest BCUT2D eigenvalue weighted by Crippen LogP contribution is -2.07. The van der Waals surface area contributed by atoms with E-state index in [2.05, 4.69) is 11.1 Å². The Kier molecular flexibility index (Phi) is 3.46. The molecule has 18 heavy (non-hydrogen) atoms. The quantitative estimate of drug-likeness (QED) is 0.691. The van der Waals surface area contributed by atoms with Gasteiger partial charge in [-0.15, -0.1) is 23.1 Å². The molecule has 5 heteroatoms. The Bertz CT molecular complexity index is 561. The Morgan fingerprint density at radius 2 is 2.44 bits per heavy atom. The number of benzene rings is 1. The fourth-order valence-corrected chi connectivity index (χ4v) is 4.08. The molecule has 2 N–H and O–H groups in total. The number of thioether (sulfide) groups is 1. The van der Waals surface area contributed by atoms with Crippen LogP contribution in [0.2, 0.25) is 0 Å². The van der Waals surface area contributed by atoms with Crippen LogP contribution >= 0.6 is 23.1 Å². The van der Waals surface area contributed by atoms with E-state index in [1.165, 1.54) is 17.5 Å². The molecule has 0 aliphatic carbocycles. The number of nitrogens with two attached hydrogens (primary N) is 1. The van der Waals surface area contributed by atoms with E-state index in [1.54, 1.807) is 23.1 Å². The van der Waals surface area contributed by atoms with E-state index in [1.807, 2.05) is 13.0 Å². The van der Waals surface area contributed by atoms with Crippen LogP contribution in [0.4, 0.5) is 5.69 Å². The molecule has 2 aromatic rings. The number of hydrogen-bond donors (Lipinski definition) is 1. The molecule has 1 aromatic heterocycles. The van der Waals surface area contributed by atoms with E-state index >= 15 is 0 Å². The van der Waals surface area contributed by atoms with E-state index in [9.17, 15) is 0 Å². The first-order valence-corrected chi connectivity index (χ1v) is 7.93. The fraction of sp³-hybridized carbons (Fsp3) is 0.462. The molecule has 0 radical (unpaired) electrons. The van der Waals surface area contributed by atoms with E-state index in [-0.39, 0.29) is 0 Å². The zero-order valence-corrected chi connectivity index (χ0v) is 11.9. The van der Waals surface area contributed by atoms with Crippen molar-refractivity contribution in [2.24, 2.45) is 0 Å². The lowest BCUT2D eigenvalue weighted by molar-refractivity contribution is 0.129. The van der Waals surface area contributed by atoms with Crippen molar-refractivity contribution in [1.82, 2.24) is 4.98 Å². The molecule has 0 saturated carbocycles. The number of aromatic nitrogens is 1. The number of aryl methyl sites for hydroxylation is 1. The van der Waals surface area contributed by atoms with E-state index in [4.69, 9.17) is 10.5 Å².